The summed E-state index contributed by atoms with van der Waals surface area (Å²) < 4.78 is 5.23. The molecule has 0 heterocycles. The van der Waals surface area contributed by atoms with Crippen LogP contribution in [0.4, 0.5) is 0 Å². The number of nitrogens with two attached hydrogens (primary N) is 1. The third-order valence-electron chi connectivity index (χ3n) is 4.39. The molecule has 1 saturated carbocycles. The van der Waals surface area contributed by atoms with E-state index in [9.17, 15) is 0 Å². The zero-order chi connectivity index (χ0) is 14.5. The van der Waals surface area contributed by atoms with E-state index in [1.807, 2.05) is 0 Å². The number of benzene rings is 1. The van der Waals surface area contributed by atoms with E-state index < -0.39 is 0 Å². The molecular weight excluding hydrogens is 248 g/mol. The molecule has 112 valence electrons. The molecule has 0 spiro atoms. The molecule has 0 aromatic heterocycles. The Morgan fingerprint density at radius 2 is 1.95 bits per heavy atom. The molecule has 0 saturated heterocycles. The summed E-state index contributed by atoms with van der Waals surface area (Å²) in [6.07, 6.45) is 3.68. The van der Waals surface area contributed by atoms with Crippen molar-refractivity contribution in [1.29, 1.82) is 0 Å². The first kappa shape index (κ1) is 15.5. The van der Waals surface area contributed by atoms with Crippen LogP contribution in [0.2, 0.25) is 0 Å². The van der Waals surface area contributed by atoms with Crippen LogP contribution in [-0.4, -0.2) is 37.2 Å². The van der Waals surface area contributed by atoms with Crippen LogP contribution >= 0.6 is 0 Å². The molecule has 0 bridgehead atoms. The summed E-state index contributed by atoms with van der Waals surface area (Å²) in [6, 6.07) is 9.88. The van der Waals surface area contributed by atoms with Crippen LogP contribution in [0.15, 0.2) is 24.3 Å². The molecule has 1 fully saturated rings. The number of hydrogen-bond acceptors (Lipinski definition) is 3. The fourth-order valence-electron chi connectivity index (χ4n) is 2.78. The number of ether oxygens (including phenoxy) is 1. The van der Waals surface area contributed by atoms with E-state index in [-0.39, 0.29) is 6.04 Å². The number of methoxy groups -OCH3 is 1. The molecule has 3 heteroatoms. The van der Waals surface area contributed by atoms with Crippen molar-refractivity contribution < 1.29 is 4.74 Å². The van der Waals surface area contributed by atoms with Crippen molar-refractivity contribution in [3.8, 4) is 0 Å². The second-order valence-corrected chi connectivity index (χ2v) is 5.82. The minimum absolute atomic E-state index is 0.0679. The zero-order valence-corrected chi connectivity index (χ0v) is 13.0. The lowest BCUT2D eigenvalue weighted by molar-refractivity contribution is 0.109. The first-order valence-electron chi connectivity index (χ1n) is 7.76. The topological polar surface area (TPSA) is 38.5 Å². The Morgan fingerprint density at radius 3 is 2.45 bits per heavy atom. The van der Waals surface area contributed by atoms with Crippen LogP contribution in [0, 0.1) is 0 Å². The molecule has 2 unspecified atom stereocenters. The van der Waals surface area contributed by atoms with E-state index in [1.165, 1.54) is 24.0 Å². The fraction of sp³-hybridized carbons (Fsp3) is 0.647. The number of rotatable bonds is 8. The van der Waals surface area contributed by atoms with Crippen LogP contribution in [0.3, 0.4) is 0 Å². The van der Waals surface area contributed by atoms with Gasteiger partial charge in [0.05, 0.1) is 6.61 Å². The van der Waals surface area contributed by atoms with Crippen molar-refractivity contribution in [2.45, 2.75) is 51.2 Å². The van der Waals surface area contributed by atoms with Crippen molar-refractivity contribution >= 4 is 0 Å². The van der Waals surface area contributed by atoms with Gasteiger partial charge in [-0.05, 0) is 37.3 Å². The van der Waals surface area contributed by atoms with Gasteiger partial charge < -0.3 is 10.5 Å². The van der Waals surface area contributed by atoms with Crippen LogP contribution in [0.25, 0.3) is 0 Å². The lowest BCUT2D eigenvalue weighted by atomic mass is 9.98. The maximum absolute atomic E-state index is 6.49. The van der Waals surface area contributed by atoms with Gasteiger partial charge in [0, 0.05) is 31.8 Å². The molecule has 3 nitrogen and oxygen atoms in total. The summed E-state index contributed by atoms with van der Waals surface area (Å²) >= 11 is 0. The fourth-order valence-corrected chi connectivity index (χ4v) is 2.78. The van der Waals surface area contributed by atoms with Gasteiger partial charge in [-0.2, -0.15) is 0 Å². The van der Waals surface area contributed by atoms with Crippen molar-refractivity contribution in [2.24, 2.45) is 5.73 Å². The van der Waals surface area contributed by atoms with E-state index in [4.69, 9.17) is 10.5 Å². The molecule has 1 aromatic carbocycles. The second kappa shape index (κ2) is 7.21. The monoisotopic (exact) mass is 276 g/mol. The number of aryl methyl sites for hydroxylation is 1. The van der Waals surface area contributed by atoms with Gasteiger partial charge in [-0.25, -0.2) is 0 Å². The van der Waals surface area contributed by atoms with Crippen molar-refractivity contribution in [3.63, 3.8) is 0 Å². The quantitative estimate of drug-likeness (QED) is 0.793. The minimum Gasteiger partial charge on any atom is -0.383 e. The highest BCUT2D eigenvalue weighted by molar-refractivity contribution is 5.25. The van der Waals surface area contributed by atoms with Gasteiger partial charge in [0.15, 0.2) is 0 Å². The van der Waals surface area contributed by atoms with Crippen LogP contribution in [0.5, 0.6) is 0 Å². The molecule has 0 amide bonds. The van der Waals surface area contributed by atoms with Crippen molar-refractivity contribution in [2.75, 3.05) is 20.3 Å². The largest absolute Gasteiger partial charge is 0.383 e. The molecule has 0 radical (unpaired) electrons. The summed E-state index contributed by atoms with van der Waals surface area (Å²) in [5.74, 6) is 0. The molecule has 1 aliphatic carbocycles. The maximum atomic E-state index is 6.49. The van der Waals surface area contributed by atoms with Crippen LogP contribution in [0.1, 0.15) is 43.9 Å². The summed E-state index contributed by atoms with van der Waals surface area (Å²) in [5, 5.41) is 0. The summed E-state index contributed by atoms with van der Waals surface area (Å²) in [4.78, 5) is 2.52. The first-order chi connectivity index (χ1) is 9.67. The molecule has 0 aliphatic heterocycles. The Kier molecular flexibility index (Phi) is 5.58. The van der Waals surface area contributed by atoms with Gasteiger partial charge >= 0.3 is 0 Å². The highest BCUT2D eigenvalue weighted by Crippen LogP contribution is 2.31. The average molecular weight is 276 g/mol. The maximum Gasteiger partial charge on any atom is 0.0589 e. The Labute approximate surface area is 123 Å². The SMILES string of the molecule is CCc1ccc(C(N)C(C)N(CCOC)C2CC2)cc1. The molecular formula is C17H28N2O. The van der Waals surface area contributed by atoms with Gasteiger partial charge in [0.1, 0.15) is 0 Å². The number of hydrogen-bond donors (Lipinski definition) is 1. The highest BCUT2D eigenvalue weighted by Gasteiger charge is 2.34. The Morgan fingerprint density at radius 1 is 1.30 bits per heavy atom. The van der Waals surface area contributed by atoms with Gasteiger partial charge in [-0.1, -0.05) is 31.2 Å². The smallest absolute Gasteiger partial charge is 0.0589 e. The lowest BCUT2D eigenvalue weighted by Crippen LogP contribution is -2.43. The minimum atomic E-state index is 0.0679. The Bertz CT molecular complexity index is 400. The van der Waals surface area contributed by atoms with Gasteiger partial charge in [0.2, 0.25) is 0 Å². The molecule has 20 heavy (non-hydrogen) atoms. The normalized spacial score (nSPS) is 18.2. The standard InChI is InChI=1S/C17H28N2O/c1-4-14-5-7-15(8-6-14)17(18)13(2)19(11-12-20-3)16-9-10-16/h5-8,13,16-17H,4,9-12,18H2,1-3H3. The predicted molar refractivity (Wildman–Crippen MR) is 83.8 cm³/mol. The average Bonchev–Trinajstić information content (AvgIpc) is 3.31. The highest BCUT2D eigenvalue weighted by atomic mass is 16.5. The van der Waals surface area contributed by atoms with Gasteiger partial charge in [0.25, 0.3) is 0 Å². The van der Waals surface area contributed by atoms with Gasteiger partial charge in [-0.15, -0.1) is 0 Å². The van der Waals surface area contributed by atoms with Crippen LogP contribution < -0.4 is 5.73 Å². The first-order valence-corrected chi connectivity index (χ1v) is 7.76. The Balaban J connectivity index is 2.02. The second-order valence-electron chi connectivity index (χ2n) is 5.82. The zero-order valence-electron chi connectivity index (χ0n) is 13.0. The van der Waals surface area contributed by atoms with E-state index in [0.717, 1.165) is 19.6 Å². The molecule has 1 aliphatic rings. The Hall–Kier alpha value is -0.900. The predicted octanol–water partition coefficient (Wildman–Crippen LogP) is 2.75. The van der Waals surface area contributed by atoms with Crippen LogP contribution in [-0.2, 0) is 11.2 Å². The van der Waals surface area contributed by atoms with E-state index in [1.54, 1.807) is 7.11 Å². The summed E-state index contributed by atoms with van der Waals surface area (Å²) in [5.41, 5.74) is 9.09. The van der Waals surface area contributed by atoms with E-state index in [2.05, 4.69) is 43.0 Å². The van der Waals surface area contributed by atoms with Crippen molar-refractivity contribution in [3.05, 3.63) is 35.4 Å². The summed E-state index contributed by atoms with van der Waals surface area (Å²) in [6.45, 7) is 6.18. The molecule has 2 N–H and O–H groups in total. The number of nitrogens with zero attached hydrogens (tertiary/aromatic N) is 1. The molecule has 2 rings (SSSR count). The van der Waals surface area contributed by atoms with E-state index in [0.29, 0.717) is 12.1 Å². The van der Waals surface area contributed by atoms with E-state index >= 15 is 0 Å². The molecule has 1 aromatic rings. The third-order valence-corrected chi connectivity index (χ3v) is 4.39. The van der Waals surface area contributed by atoms with Crippen molar-refractivity contribution in [1.82, 2.24) is 4.90 Å². The van der Waals surface area contributed by atoms with Gasteiger partial charge in [-0.3, -0.25) is 4.90 Å². The lowest BCUT2D eigenvalue weighted by Gasteiger charge is -2.33. The third kappa shape index (κ3) is 3.81. The molecule has 2 atom stereocenters. The summed E-state index contributed by atoms with van der Waals surface area (Å²) in [7, 11) is 1.76.